The first kappa shape index (κ1) is 19.5. The van der Waals surface area contributed by atoms with E-state index in [0.717, 1.165) is 57.6 Å². The molecular weight excluding hydrogens is 378 g/mol. The zero-order chi connectivity index (χ0) is 19.4. The molecule has 0 N–H and O–H groups in total. The first-order valence-electron chi connectivity index (χ1n) is 10.1. The third kappa shape index (κ3) is 4.45. The molecule has 0 amide bonds. The van der Waals surface area contributed by atoms with Gasteiger partial charge < -0.3 is 9.26 Å². The fraction of sp³-hybridized carbons (Fsp3) is 0.600. The van der Waals surface area contributed by atoms with Crippen LogP contribution >= 0.6 is 0 Å². The van der Waals surface area contributed by atoms with Crippen LogP contribution in [-0.2, 0) is 21.2 Å². The number of aryl methyl sites for hydroxylation is 1. The molecule has 2 saturated heterocycles. The van der Waals surface area contributed by atoms with Gasteiger partial charge in [0.15, 0.2) is 5.82 Å². The van der Waals surface area contributed by atoms with Crippen molar-refractivity contribution in [3.8, 4) is 0 Å². The summed E-state index contributed by atoms with van der Waals surface area (Å²) in [6.07, 6.45) is 5.35. The summed E-state index contributed by atoms with van der Waals surface area (Å²) in [4.78, 5) is 4.95. The Morgan fingerprint density at radius 2 is 1.75 bits per heavy atom. The molecule has 0 unspecified atom stereocenters. The summed E-state index contributed by atoms with van der Waals surface area (Å²) in [5, 5.41) is 4.15. The zero-order valence-corrected chi connectivity index (χ0v) is 16.8. The van der Waals surface area contributed by atoms with Crippen LogP contribution in [-0.4, -0.2) is 49.2 Å². The van der Waals surface area contributed by atoms with E-state index in [1.807, 2.05) is 6.07 Å². The lowest BCUT2D eigenvalue weighted by atomic mass is 9.93. The smallest absolute Gasteiger partial charge is 0.243 e. The number of benzene rings is 1. The molecule has 8 heteroatoms. The number of hydrogen-bond acceptors (Lipinski definition) is 6. The summed E-state index contributed by atoms with van der Waals surface area (Å²) in [6, 6.07) is 8.67. The summed E-state index contributed by atoms with van der Waals surface area (Å²) in [5.41, 5.74) is 0. The van der Waals surface area contributed by atoms with Gasteiger partial charge in [-0.3, -0.25) is 0 Å². The Kier molecular flexibility index (Phi) is 6.08. The SMILES string of the molecule is O=S(=O)(c1ccccc1)N1CCC(CCc2nc(C3CCOCC3)no2)CC1. The highest BCUT2D eigenvalue weighted by atomic mass is 32.2. The number of ether oxygens (including phenoxy) is 1. The number of rotatable bonds is 6. The van der Waals surface area contributed by atoms with E-state index >= 15 is 0 Å². The van der Waals surface area contributed by atoms with E-state index in [1.54, 1.807) is 28.6 Å². The van der Waals surface area contributed by atoms with Crippen LogP contribution in [0.25, 0.3) is 0 Å². The molecule has 2 aromatic rings. The standard InChI is InChI=1S/C20H27N3O4S/c24-28(25,18-4-2-1-3-5-18)23-12-8-16(9-13-23)6-7-19-21-20(22-27-19)17-10-14-26-15-11-17/h1-5,16-17H,6-15H2. The molecule has 2 aliphatic heterocycles. The quantitative estimate of drug-likeness (QED) is 0.734. The Bertz CT molecular complexity index is 855. The normalized spacial score (nSPS) is 20.4. The highest BCUT2D eigenvalue weighted by Gasteiger charge is 2.29. The van der Waals surface area contributed by atoms with Crippen molar-refractivity contribution in [1.82, 2.24) is 14.4 Å². The van der Waals surface area contributed by atoms with E-state index in [1.165, 1.54) is 0 Å². The Balaban J connectivity index is 1.26. The van der Waals surface area contributed by atoms with Crippen molar-refractivity contribution in [2.24, 2.45) is 5.92 Å². The van der Waals surface area contributed by atoms with Crippen LogP contribution in [0.3, 0.4) is 0 Å². The maximum atomic E-state index is 12.7. The molecule has 0 radical (unpaired) electrons. The molecule has 0 saturated carbocycles. The van der Waals surface area contributed by atoms with Crippen molar-refractivity contribution in [3.63, 3.8) is 0 Å². The molecule has 4 rings (SSSR count). The second-order valence-corrected chi connectivity index (χ2v) is 9.57. The predicted octanol–water partition coefficient (Wildman–Crippen LogP) is 3.00. The molecule has 7 nitrogen and oxygen atoms in total. The highest BCUT2D eigenvalue weighted by Crippen LogP contribution is 2.28. The maximum absolute atomic E-state index is 12.7. The summed E-state index contributed by atoms with van der Waals surface area (Å²) >= 11 is 0. The van der Waals surface area contributed by atoms with Crippen molar-refractivity contribution >= 4 is 10.0 Å². The van der Waals surface area contributed by atoms with Gasteiger partial charge in [-0.25, -0.2) is 8.42 Å². The molecule has 1 aromatic heterocycles. The van der Waals surface area contributed by atoms with Crippen LogP contribution < -0.4 is 0 Å². The summed E-state index contributed by atoms with van der Waals surface area (Å²) in [5.74, 6) is 2.33. The van der Waals surface area contributed by atoms with Crippen LogP contribution in [0, 0.1) is 5.92 Å². The molecule has 2 fully saturated rings. The Morgan fingerprint density at radius 1 is 1.04 bits per heavy atom. The minimum absolute atomic E-state index is 0.345. The first-order valence-corrected chi connectivity index (χ1v) is 11.5. The summed E-state index contributed by atoms with van der Waals surface area (Å²) in [6.45, 7) is 2.66. The molecule has 2 aliphatic rings. The van der Waals surface area contributed by atoms with Gasteiger partial charge in [-0.05, 0) is 50.2 Å². The highest BCUT2D eigenvalue weighted by molar-refractivity contribution is 7.89. The predicted molar refractivity (Wildman–Crippen MR) is 103 cm³/mol. The topological polar surface area (TPSA) is 85.5 Å². The fourth-order valence-corrected chi connectivity index (χ4v) is 5.49. The van der Waals surface area contributed by atoms with Crippen LogP contribution in [0.5, 0.6) is 0 Å². The van der Waals surface area contributed by atoms with Crippen molar-refractivity contribution in [1.29, 1.82) is 0 Å². The Labute approximate surface area is 166 Å². The molecule has 0 atom stereocenters. The zero-order valence-electron chi connectivity index (χ0n) is 16.0. The first-order chi connectivity index (χ1) is 13.6. The number of hydrogen-bond donors (Lipinski definition) is 0. The number of nitrogens with zero attached hydrogens (tertiary/aromatic N) is 3. The molecule has 0 bridgehead atoms. The van der Waals surface area contributed by atoms with Gasteiger partial charge in [-0.1, -0.05) is 23.4 Å². The molecule has 152 valence electrons. The van der Waals surface area contributed by atoms with Gasteiger partial charge in [0.1, 0.15) is 0 Å². The van der Waals surface area contributed by atoms with Gasteiger partial charge in [0.2, 0.25) is 15.9 Å². The van der Waals surface area contributed by atoms with Crippen molar-refractivity contribution in [2.45, 2.75) is 49.3 Å². The van der Waals surface area contributed by atoms with E-state index in [4.69, 9.17) is 9.26 Å². The summed E-state index contributed by atoms with van der Waals surface area (Å²) < 4.78 is 37.8. The van der Waals surface area contributed by atoms with Gasteiger partial charge in [0, 0.05) is 38.6 Å². The second-order valence-electron chi connectivity index (χ2n) is 7.63. The molecule has 3 heterocycles. The van der Waals surface area contributed by atoms with Crippen LogP contribution in [0.2, 0.25) is 0 Å². The van der Waals surface area contributed by atoms with Gasteiger partial charge in [-0.2, -0.15) is 9.29 Å². The van der Waals surface area contributed by atoms with Gasteiger partial charge in [0.05, 0.1) is 4.90 Å². The average molecular weight is 406 g/mol. The van der Waals surface area contributed by atoms with E-state index in [-0.39, 0.29) is 0 Å². The van der Waals surface area contributed by atoms with E-state index in [9.17, 15) is 8.42 Å². The van der Waals surface area contributed by atoms with Gasteiger partial charge in [0.25, 0.3) is 0 Å². The lowest BCUT2D eigenvalue weighted by molar-refractivity contribution is 0.0830. The van der Waals surface area contributed by atoms with Crippen LogP contribution in [0.4, 0.5) is 0 Å². The minimum atomic E-state index is -3.38. The fourth-order valence-electron chi connectivity index (χ4n) is 4.00. The molecule has 1 aromatic carbocycles. The van der Waals surface area contributed by atoms with Gasteiger partial charge in [-0.15, -0.1) is 0 Å². The number of piperidine rings is 1. The third-order valence-corrected chi connectivity index (χ3v) is 7.70. The van der Waals surface area contributed by atoms with Crippen LogP contribution in [0.15, 0.2) is 39.8 Å². The van der Waals surface area contributed by atoms with Gasteiger partial charge >= 0.3 is 0 Å². The number of sulfonamides is 1. The summed E-state index contributed by atoms with van der Waals surface area (Å²) in [7, 11) is -3.38. The van der Waals surface area contributed by atoms with E-state index < -0.39 is 10.0 Å². The van der Waals surface area contributed by atoms with Crippen molar-refractivity contribution in [3.05, 3.63) is 42.0 Å². The average Bonchev–Trinajstić information content (AvgIpc) is 3.23. The monoisotopic (exact) mass is 405 g/mol. The minimum Gasteiger partial charge on any atom is -0.381 e. The maximum Gasteiger partial charge on any atom is 0.243 e. The van der Waals surface area contributed by atoms with Crippen molar-refractivity contribution < 1.29 is 17.7 Å². The second kappa shape index (κ2) is 8.71. The largest absolute Gasteiger partial charge is 0.381 e. The molecule has 28 heavy (non-hydrogen) atoms. The lowest BCUT2D eigenvalue weighted by Gasteiger charge is -2.31. The van der Waals surface area contributed by atoms with Crippen molar-refractivity contribution in [2.75, 3.05) is 26.3 Å². The molecule has 0 spiro atoms. The van der Waals surface area contributed by atoms with Crippen LogP contribution in [0.1, 0.15) is 49.7 Å². The Hall–Kier alpha value is -1.77. The molecular formula is C20H27N3O4S. The molecule has 0 aliphatic carbocycles. The van der Waals surface area contributed by atoms with E-state index in [0.29, 0.717) is 35.7 Å². The third-order valence-electron chi connectivity index (χ3n) is 5.79. The van der Waals surface area contributed by atoms with E-state index in [2.05, 4.69) is 10.1 Å². The number of aromatic nitrogens is 2. The Morgan fingerprint density at radius 3 is 2.46 bits per heavy atom. The lowest BCUT2D eigenvalue weighted by Crippen LogP contribution is -2.38.